The molecule has 5 N–H and O–H groups in total. The van der Waals surface area contributed by atoms with E-state index in [0.29, 0.717) is 87.4 Å². The first kappa shape index (κ1) is 96.0. The van der Waals surface area contributed by atoms with E-state index in [1.54, 1.807) is 116 Å². The van der Waals surface area contributed by atoms with Gasteiger partial charge in [0.2, 0.25) is 29.5 Å². The minimum absolute atomic E-state index is 0.00625. The lowest BCUT2D eigenvalue weighted by molar-refractivity contribution is -0.136. The van der Waals surface area contributed by atoms with Crippen molar-refractivity contribution in [2.75, 3.05) is 162 Å². The van der Waals surface area contributed by atoms with Crippen molar-refractivity contribution in [3.8, 4) is 23.0 Å². The van der Waals surface area contributed by atoms with E-state index in [9.17, 15) is 41.5 Å². The van der Waals surface area contributed by atoms with E-state index in [-0.39, 0.29) is 66.9 Å². The third kappa shape index (κ3) is 45.3. The Morgan fingerprint density at radius 3 is 1.35 bits per heavy atom. The number of benzene rings is 4. The average molecular weight is 1520 g/mol. The molecule has 25 heteroatoms. The molecular formula is C80H127ClF4N10O9S. The van der Waals surface area contributed by atoms with Crippen LogP contribution in [0.4, 0.5) is 17.6 Å². The highest BCUT2D eigenvalue weighted by molar-refractivity contribution is 7.10. The predicted octanol–water partition coefficient (Wildman–Crippen LogP) is 12.7. The minimum Gasteiger partial charge on any atom is -0.494 e. The van der Waals surface area contributed by atoms with Crippen LogP contribution in [0.3, 0.4) is 0 Å². The zero-order chi connectivity index (χ0) is 78.6. The molecule has 4 aromatic carbocycles. The molecule has 0 unspecified atom stereocenters. The fraction of sp³-hybridized carbons (Fsp3) is 0.588. The van der Waals surface area contributed by atoms with Gasteiger partial charge in [0.1, 0.15) is 17.2 Å². The van der Waals surface area contributed by atoms with Crippen LogP contribution in [0.25, 0.3) is 0 Å². The van der Waals surface area contributed by atoms with E-state index in [1.807, 2.05) is 53.8 Å². The molecule has 0 spiro atoms. The van der Waals surface area contributed by atoms with Crippen molar-refractivity contribution in [2.24, 2.45) is 0 Å². The van der Waals surface area contributed by atoms with Crippen LogP contribution < -0.4 is 45.5 Å². The van der Waals surface area contributed by atoms with Gasteiger partial charge in [-0.1, -0.05) is 127 Å². The Morgan fingerprint density at radius 1 is 0.448 bits per heavy atom. The maximum atomic E-state index is 14.2. The summed E-state index contributed by atoms with van der Waals surface area (Å²) in [4.78, 5) is 66.5. The number of carbonyl (C=O) groups excluding carboxylic acids is 5. The summed E-state index contributed by atoms with van der Waals surface area (Å²) in [5.74, 6) is 2.54. The highest BCUT2D eigenvalue weighted by Crippen LogP contribution is 2.30. The molecule has 1 heterocycles. The SMILES string of the molecule is CCCCOc1cccc(C(C)(C)CNCC(=O)N(C)C)c1.CCCCOc1cccc(CCNCC(=O)N(C)C)c1Cl.CCCCOc1cccc(CCNCC(=O)N(C)C)c1F.CCCCc1ccsc1CCNCC(=O)N(C)C.CN(C)C(=O)CNCCc1cccc(OCCCC(F)(F)F)c1. The van der Waals surface area contributed by atoms with Crippen LogP contribution in [-0.4, -0.2) is 223 Å². The first-order valence-corrected chi connectivity index (χ1v) is 38.1. The molecule has 0 saturated heterocycles. The van der Waals surface area contributed by atoms with Crippen LogP contribution in [0.1, 0.15) is 138 Å². The van der Waals surface area contributed by atoms with Crippen molar-refractivity contribution in [3.05, 3.63) is 140 Å². The van der Waals surface area contributed by atoms with Gasteiger partial charge in [-0.3, -0.25) is 24.0 Å². The van der Waals surface area contributed by atoms with Crippen LogP contribution in [0.5, 0.6) is 23.0 Å². The number of hydrogen-bond acceptors (Lipinski definition) is 15. The number of carbonyl (C=O) groups is 5. The summed E-state index contributed by atoms with van der Waals surface area (Å²) < 4.78 is 72.5. The largest absolute Gasteiger partial charge is 0.494 e. The van der Waals surface area contributed by atoms with Crippen LogP contribution in [0.15, 0.2) is 96.4 Å². The van der Waals surface area contributed by atoms with Gasteiger partial charge in [-0.2, -0.15) is 13.2 Å². The molecule has 0 aliphatic heterocycles. The van der Waals surface area contributed by atoms with Gasteiger partial charge in [0, 0.05) is 100 Å². The number of aryl methyl sites for hydroxylation is 1. The second-order valence-electron chi connectivity index (χ2n) is 26.9. The van der Waals surface area contributed by atoms with Crippen molar-refractivity contribution >= 4 is 52.5 Å². The summed E-state index contributed by atoms with van der Waals surface area (Å²) in [5, 5.41) is 18.5. The first-order chi connectivity index (χ1) is 49.9. The molecule has 0 bridgehead atoms. The summed E-state index contributed by atoms with van der Waals surface area (Å²) in [6.45, 7) is 20.1. The van der Waals surface area contributed by atoms with Crippen LogP contribution >= 0.6 is 22.9 Å². The molecule has 0 aliphatic carbocycles. The Balaban J connectivity index is 0.000000658. The Hall–Kier alpha value is -7.06. The number of halogens is 5. The summed E-state index contributed by atoms with van der Waals surface area (Å²) >= 11 is 8.18. The van der Waals surface area contributed by atoms with Gasteiger partial charge >= 0.3 is 6.18 Å². The first-order valence-electron chi connectivity index (χ1n) is 36.8. The smallest absolute Gasteiger partial charge is 0.389 e. The van der Waals surface area contributed by atoms with Gasteiger partial charge in [-0.15, -0.1) is 11.3 Å². The molecule has 5 amide bonds. The molecular weight excluding hydrogens is 1390 g/mol. The Morgan fingerprint density at radius 2 is 0.857 bits per heavy atom. The van der Waals surface area contributed by atoms with Gasteiger partial charge in [0.15, 0.2) is 11.6 Å². The van der Waals surface area contributed by atoms with E-state index >= 15 is 0 Å². The summed E-state index contributed by atoms with van der Waals surface area (Å²) in [6, 6.07) is 28.8. The second-order valence-corrected chi connectivity index (χ2v) is 28.3. The van der Waals surface area contributed by atoms with E-state index in [2.05, 4.69) is 91.7 Å². The van der Waals surface area contributed by atoms with Gasteiger partial charge in [0.05, 0.1) is 64.2 Å². The molecule has 19 nitrogen and oxygen atoms in total. The van der Waals surface area contributed by atoms with Crippen molar-refractivity contribution < 1.29 is 60.5 Å². The third-order valence-electron chi connectivity index (χ3n) is 16.1. The topological polar surface area (TPSA) is 199 Å². The molecule has 105 heavy (non-hydrogen) atoms. The van der Waals surface area contributed by atoms with Gasteiger partial charge in [0.25, 0.3) is 0 Å². The van der Waals surface area contributed by atoms with Crippen LogP contribution in [-0.2, 0) is 61.5 Å². The molecule has 0 fully saturated rings. The number of ether oxygens (including phenoxy) is 4. The Labute approximate surface area is 635 Å². The van der Waals surface area contributed by atoms with E-state index < -0.39 is 12.6 Å². The second kappa shape index (κ2) is 56.3. The average Bonchev–Trinajstić information content (AvgIpc) is 1.22. The predicted molar refractivity (Wildman–Crippen MR) is 421 cm³/mol. The lowest BCUT2D eigenvalue weighted by Crippen LogP contribution is -2.39. The molecule has 0 radical (unpaired) electrons. The van der Waals surface area contributed by atoms with Crippen molar-refractivity contribution in [3.63, 3.8) is 0 Å². The zero-order valence-corrected chi connectivity index (χ0v) is 67.5. The van der Waals surface area contributed by atoms with Crippen molar-refractivity contribution in [1.29, 1.82) is 0 Å². The third-order valence-corrected chi connectivity index (χ3v) is 17.5. The fourth-order valence-corrected chi connectivity index (χ4v) is 10.4. The summed E-state index contributed by atoms with van der Waals surface area (Å²) in [5.41, 5.74) is 5.29. The molecule has 1 aromatic heterocycles. The van der Waals surface area contributed by atoms with Gasteiger partial charge in [-0.25, -0.2) is 4.39 Å². The number of alkyl halides is 3. The maximum Gasteiger partial charge on any atom is 0.389 e. The fourth-order valence-electron chi connectivity index (χ4n) is 9.18. The standard InChI is InChI=1S/C18H30N2O2.C16H25ClN2O2.C16H23F3N2O2.C16H25FN2O2.C14H24N2OS/c1-6-7-11-22-16-10-8-9-15(12-16)18(2,3)14-19-13-17(21)20(4)5;1-4-5-11-21-14-8-6-7-13(16(14)17)9-10-18-12-15(20)19(2)3;1-21(2)15(22)12-20-9-7-13-5-3-6-14(11-13)23-10-4-8-16(17,18)19;1-4-5-11-21-14-8-6-7-13(16(14)17)9-10-18-12-15(20)19(2)3;1-4-5-6-12-8-10-18-13(12)7-9-15-11-14(17)16(2)3/h8-10,12,19H,6-7,11,13-14H2,1-5H3;6-8,18H,4-5,9-12H2,1-3H3;3,5-6,11,20H,4,7-10,12H2,1-2H3;6-8,18H,4-5,9-12H2,1-3H3;8,10,15H,4-7,9,11H2,1-3H3. The number of thiophene rings is 1. The zero-order valence-electron chi connectivity index (χ0n) is 66.0. The Bertz CT molecular complexity index is 3110. The van der Waals surface area contributed by atoms with Crippen LogP contribution in [0, 0.1) is 5.82 Å². The van der Waals surface area contributed by atoms with Crippen molar-refractivity contribution in [1.82, 2.24) is 51.1 Å². The molecule has 0 atom stereocenters. The van der Waals surface area contributed by atoms with Gasteiger partial charge < -0.3 is 70.0 Å². The minimum atomic E-state index is -4.14. The normalized spacial score (nSPS) is 10.9. The van der Waals surface area contributed by atoms with Crippen molar-refractivity contribution in [2.45, 2.75) is 149 Å². The van der Waals surface area contributed by atoms with E-state index in [1.165, 1.54) is 45.1 Å². The quantitative estimate of drug-likeness (QED) is 0.0182. The van der Waals surface area contributed by atoms with E-state index in [0.717, 1.165) is 93.7 Å². The lowest BCUT2D eigenvalue weighted by atomic mass is 9.84. The van der Waals surface area contributed by atoms with Gasteiger partial charge in [-0.05, 0) is 160 Å². The Kier molecular flexibility index (Phi) is 51.4. The van der Waals surface area contributed by atoms with E-state index in [4.69, 9.17) is 30.5 Å². The molecule has 5 aromatic rings. The number of likely N-dealkylation sites (N-methyl/N-ethyl adjacent to an activating group) is 5. The van der Waals surface area contributed by atoms with Crippen LogP contribution in [0.2, 0.25) is 5.02 Å². The number of nitrogens with zero attached hydrogens (tertiary/aromatic N) is 5. The monoisotopic (exact) mass is 1510 g/mol. The highest BCUT2D eigenvalue weighted by Gasteiger charge is 2.26. The number of hydrogen-bond donors (Lipinski definition) is 5. The molecule has 592 valence electrons. The summed E-state index contributed by atoms with van der Waals surface area (Å²) in [7, 11) is 17.4. The number of nitrogens with one attached hydrogen (secondary N) is 5. The molecule has 0 aliphatic rings. The number of amides is 5. The number of unbranched alkanes of at least 4 members (excludes halogenated alkanes) is 4. The summed E-state index contributed by atoms with van der Waals surface area (Å²) in [6.07, 6.45) is 7.95. The lowest BCUT2D eigenvalue weighted by Gasteiger charge is -2.26. The maximum absolute atomic E-state index is 14.2. The highest BCUT2D eigenvalue weighted by atomic mass is 35.5. The molecule has 5 rings (SSSR count). The molecule has 0 saturated carbocycles. The number of rotatable bonds is 44.